The van der Waals surface area contributed by atoms with Crippen LogP contribution in [0, 0.1) is 11.8 Å². The van der Waals surface area contributed by atoms with E-state index in [1.165, 1.54) is 0 Å². The number of carboxylic acids is 1. The number of nitrogens with zero attached hydrogens (tertiary/aromatic N) is 1. The summed E-state index contributed by atoms with van der Waals surface area (Å²) in [6.45, 7) is 3.04. The van der Waals surface area contributed by atoms with Gasteiger partial charge in [-0.2, -0.15) is 0 Å². The molecule has 0 heterocycles. The van der Waals surface area contributed by atoms with Crippen molar-refractivity contribution in [1.82, 2.24) is 4.90 Å². The number of benzene rings is 1. The molecule has 0 aliphatic heterocycles. The van der Waals surface area contributed by atoms with Gasteiger partial charge in [0.2, 0.25) is 5.91 Å². The highest BCUT2D eigenvalue weighted by atomic mass is 79.9. The van der Waals surface area contributed by atoms with E-state index >= 15 is 0 Å². The zero-order valence-electron chi connectivity index (χ0n) is 11.4. The molecule has 1 N–H and O–H groups in total. The first kappa shape index (κ1) is 15.0. The highest BCUT2D eigenvalue weighted by molar-refractivity contribution is 9.10. The maximum Gasteiger partial charge on any atom is 0.307 e. The predicted molar refractivity (Wildman–Crippen MR) is 79.1 cm³/mol. The van der Waals surface area contributed by atoms with Crippen LogP contribution in [-0.4, -0.2) is 28.4 Å². The fourth-order valence-electron chi connectivity index (χ4n) is 2.53. The minimum Gasteiger partial charge on any atom is -0.481 e. The molecule has 1 amide bonds. The van der Waals surface area contributed by atoms with Crippen LogP contribution in [0.1, 0.15) is 25.3 Å². The lowest BCUT2D eigenvalue weighted by Crippen LogP contribution is -2.45. The van der Waals surface area contributed by atoms with Crippen LogP contribution in [0.4, 0.5) is 0 Å². The van der Waals surface area contributed by atoms with Gasteiger partial charge in [-0.15, -0.1) is 0 Å². The summed E-state index contributed by atoms with van der Waals surface area (Å²) in [5.41, 5.74) is 1.04. The normalized spacial score (nSPS) is 21.1. The summed E-state index contributed by atoms with van der Waals surface area (Å²) in [7, 11) is 0. The standard InChI is InChI=1S/C15H18BrNO3/c1-2-17(9-10-4-3-5-11(16)8-10)14(18)12-6-7-13(12)15(19)20/h3-5,8,12-13H,2,6-7,9H2,1H3,(H,19,20). The van der Waals surface area contributed by atoms with E-state index in [9.17, 15) is 9.59 Å². The Morgan fingerprint density at radius 2 is 2.05 bits per heavy atom. The molecule has 2 atom stereocenters. The lowest BCUT2D eigenvalue weighted by molar-refractivity contribution is -0.156. The third-order valence-corrected chi connectivity index (χ3v) is 4.36. The van der Waals surface area contributed by atoms with Crippen LogP contribution in [0.15, 0.2) is 28.7 Å². The van der Waals surface area contributed by atoms with Crippen LogP contribution < -0.4 is 0 Å². The number of hydrogen-bond donors (Lipinski definition) is 1. The lowest BCUT2D eigenvalue weighted by atomic mass is 9.73. The van der Waals surface area contributed by atoms with Gasteiger partial charge in [-0.05, 0) is 37.5 Å². The highest BCUT2D eigenvalue weighted by Gasteiger charge is 2.42. The van der Waals surface area contributed by atoms with Gasteiger partial charge >= 0.3 is 5.97 Å². The quantitative estimate of drug-likeness (QED) is 0.897. The van der Waals surface area contributed by atoms with Crippen molar-refractivity contribution in [3.05, 3.63) is 34.3 Å². The lowest BCUT2D eigenvalue weighted by Gasteiger charge is -2.36. The predicted octanol–water partition coefficient (Wildman–Crippen LogP) is 2.91. The number of aliphatic carboxylic acids is 1. The van der Waals surface area contributed by atoms with Crippen molar-refractivity contribution in [2.75, 3.05) is 6.54 Å². The third-order valence-electron chi connectivity index (χ3n) is 3.86. The van der Waals surface area contributed by atoms with E-state index in [-0.39, 0.29) is 11.8 Å². The third kappa shape index (κ3) is 3.20. The van der Waals surface area contributed by atoms with Crippen molar-refractivity contribution in [3.63, 3.8) is 0 Å². The average molecular weight is 340 g/mol. The van der Waals surface area contributed by atoms with Gasteiger partial charge in [0.25, 0.3) is 0 Å². The SMILES string of the molecule is CCN(Cc1cccc(Br)c1)C(=O)C1CCC1C(=O)O. The maximum atomic E-state index is 12.4. The summed E-state index contributed by atoms with van der Waals surface area (Å²) < 4.78 is 0.977. The molecular weight excluding hydrogens is 322 g/mol. The Morgan fingerprint density at radius 3 is 2.55 bits per heavy atom. The Kier molecular flexibility index (Phi) is 4.81. The highest BCUT2D eigenvalue weighted by Crippen LogP contribution is 2.36. The summed E-state index contributed by atoms with van der Waals surface area (Å²) in [6, 6.07) is 7.82. The zero-order valence-corrected chi connectivity index (χ0v) is 13.0. The van der Waals surface area contributed by atoms with Gasteiger partial charge in [0.05, 0.1) is 11.8 Å². The number of hydrogen-bond acceptors (Lipinski definition) is 2. The Morgan fingerprint density at radius 1 is 1.35 bits per heavy atom. The van der Waals surface area contributed by atoms with Crippen LogP contribution in [0.3, 0.4) is 0 Å². The van der Waals surface area contributed by atoms with Crippen molar-refractivity contribution < 1.29 is 14.7 Å². The van der Waals surface area contributed by atoms with Gasteiger partial charge in [-0.3, -0.25) is 9.59 Å². The number of carbonyl (C=O) groups excluding carboxylic acids is 1. The fraction of sp³-hybridized carbons (Fsp3) is 0.467. The number of halogens is 1. The molecule has 1 saturated carbocycles. The van der Waals surface area contributed by atoms with Crippen molar-refractivity contribution in [1.29, 1.82) is 0 Å². The van der Waals surface area contributed by atoms with Crippen LogP contribution in [-0.2, 0) is 16.1 Å². The fourth-order valence-corrected chi connectivity index (χ4v) is 2.97. The summed E-state index contributed by atoms with van der Waals surface area (Å²) >= 11 is 3.41. The first-order valence-electron chi connectivity index (χ1n) is 6.79. The van der Waals surface area contributed by atoms with Crippen molar-refractivity contribution >= 4 is 27.8 Å². The minimum atomic E-state index is -0.854. The molecule has 20 heavy (non-hydrogen) atoms. The van der Waals surface area contributed by atoms with Gasteiger partial charge in [-0.25, -0.2) is 0 Å². The zero-order chi connectivity index (χ0) is 14.7. The van der Waals surface area contributed by atoms with Crippen molar-refractivity contribution in [2.24, 2.45) is 11.8 Å². The molecule has 1 aromatic carbocycles. The molecular formula is C15H18BrNO3. The smallest absolute Gasteiger partial charge is 0.307 e. The van der Waals surface area contributed by atoms with Gasteiger partial charge in [-0.1, -0.05) is 28.1 Å². The number of rotatable bonds is 5. The molecule has 108 valence electrons. The van der Waals surface area contributed by atoms with Crippen LogP contribution >= 0.6 is 15.9 Å². The number of carbonyl (C=O) groups is 2. The topological polar surface area (TPSA) is 57.6 Å². The summed E-state index contributed by atoms with van der Waals surface area (Å²) in [5.74, 6) is -1.74. The van der Waals surface area contributed by atoms with E-state index in [4.69, 9.17) is 5.11 Å². The van der Waals surface area contributed by atoms with E-state index in [1.807, 2.05) is 31.2 Å². The van der Waals surface area contributed by atoms with E-state index < -0.39 is 11.9 Å². The Balaban J connectivity index is 2.05. The van der Waals surface area contributed by atoms with E-state index in [0.717, 1.165) is 10.0 Å². The number of carboxylic acid groups (broad SMARTS) is 1. The molecule has 1 aromatic rings. The Bertz CT molecular complexity index is 518. The van der Waals surface area contributed by atoms with Crippen LogP contribution in [0.5, 0.6) is 0 Å². The molecule has 2 rings (SSSR count). The molecule has 0 radical (unpaired) electrons. The molecule has 0 saturated heterocycles. The van der Waals surface area contributed by atoms with Crippen molar-refractivity contribution in [3.8, 4) is 0 Å². The molecule has 2 unspecified atom stereocenters. The molecule has 4 nitrogen and oxygen atoms in total. The molecule has 0 spiro atoms. The second-order valence-electron chi connectivity index (χ2n) is 5.11. The first-order valence-corrected chi connectivity index (χ1v) is 7.58. The average Bonchev–Trinajstić information content (AvgIpc) is 2.33. The summed E-state index contributed by atoms with van der Waals surface area (Å²) in [6.07, 6.45) is 1.30. The second-order valence-corrected chi connectivity index (χ2v) is 6.03. The summed E-state index contributed by atoms with van der Waals surface area (Å²) in [5, 5.41) is 9.06. The molecule has 1 aliphatic carbocycles. The van der Waals surface area contributed by atoms with Crippen molar-refractivity contribution in [2.45, 2.75) is 26.3 Å². The first-order chi connectivity index (χ1) is 9.52. The summed E-state index contributed by atoms with van der Waals surface area (Å²) in [4.78, 5) is 25.2. The minimum absolute atomic E-state index is 0.0360. The Hall–Kier alpha value is -1.36. The molecule has 0 aromatic heterocycles. The second kappa shape index (κ2) is 6.39. The molecule has 1 fully saturated rings. The van der Waals surface area contributed by atoms with E-state index in [2.05, 4.69) is 15.9 Å². The van der Waals surface area contributed by atoms with Gasteiger partial charge in [0.15, 0.2) is 0 Å². The van der Waals surface area contributed by atoms with Gasteiger partial charge in [0, 0.05) is 17.6 Å². The van der Waals surface area contributed by atoms with Crippen LogP contribution in [0.25, 0.3) is 0 Å². The van der Waals surface area contributed by atoms with E-state index in [0.29, 0.717) is 25.9 Å². The van der Waals surface area contributed by atoms with Gasteiger partial charge in [0.1, 0.15) is 0 Å². The number of amides is 1. The molecule has 1 aliphatic rings. The monoisotopic (exact) mass is 339 g/mol. The molecule has 5 heteroatoms. The molecule has 0 bridgehead atoms. The Labute approximate surface area is 126 Å². The van der Waals surface area contributed by atoms with E-state index in [1.54, 1.807) is 4.90 Å². The van der Waals surface area contributed by atoms with Gasteiger partial charge < -0.3 is 10.0 Å². The largest absolute Gasteiger partial charge is 0.481 e. The maximum absolute atomic E-state index is 12.4. The van der Waals surface area contributed by atoms with Crippen LogP contribution in [0.2, 0.25) is 0 Å².